The summed E-state index contributed by atoms with van der Waals surface area (Å²) in [5.74, 6) is 0.289. The summed E-state index contributed by atoms with van der Waals surface area (Å²) in [6, 6.07) is 9.64. The summed E-state index contributed by atoms with van der Waals surface area (Å²) in [6.07, 6.45) is 1.71. The summed E-state index contributed by atoms with van der Waals surface area (Å²) in [6.45, 7) is 3.84. The minimum Gasteiger partial charge on any atom is -0.506 e. The average molecular weight is 446 g/mol. The van der Waals surface area contributed by atoms with Gasteiger partial charge in [-0.15, -0.1) is 0 Å². The third kappa shape index (κ3) is 3.62. The van der Waals surface area contributed by atoms with Crippen LogP contribution < -0.4 is 0 Å². The molecule has 0 saturated carbocycles. The van der Waals surface area contributed by atoms with Gasteiger partial charge in [0.25, 0.3) is 5.89 Å². The van der Waals surface area contributed by atoms with E-state index < -0.39 is 6.04 Å². The monoisotopic (exact) mass is 445 g/mol. The topological polar surface area (TPSA) is 90.4 Å². The molecule has 0 aliphatic heterocycles. The number of halogens is 2. The molecule has 1 N–H and O–H groups in total. The van der Waals surface area contributed by atoms with Crippen LogP contribution in [0.2, 0.25) is 10.0 Å². The summed E-state index contributed by atoms with van der Waals surface area (Å²) in [7, 11) is 0. The lowest BCUT2D eigenvalue weighted by atomic mass is 10.1. The molecule has 4 rings (SSSR count). The van der Waals surface area contributed by atoms with E-state index in [-0.39, 0.29) is 22.6 Å². The van der Waals surface area contributed by atoms with Crippen molar-refractivity contribution < 1.29 is 19.2 Å². The third-order valence-electron chi connectivity index (χ3n) is 4.71. The van der Waals surface area contributed by atoms with E-state index in [0.29, 0.717) is 28.6 Å². The molecule has 7 nitrogen and oxygen atoms in total. The molecule has 30 heavy (non-hydrogen) atoms. The molecule has 0 spiro atoms. The highest BCUT2D eigenvalue weighted by atomic mass is 35.5. The van der Waals surface area contributed by atoms with Crippen molar-refractivity contribution in [1.29, 1.82) is 0 Å². The fraction of sp³-hybridized carbons (Fsp3) is 0.190. The van der Waals surface area contributed by atoms with Crippen molar-refractivity contribution in [3.63, 3.8) is 0 Å². The third-order valence-corrected chi connectivity index (χ3v) is 5.31. The molecule has 4 aromatic rings. The molecule has 154 valence electrons. The number of rotatable bonds is 5. The number of aromatic hydroxyl groups is 1. The molecule has 2 heterocycles. The minimum absolute atomic E-state index is 0.0261. The van der Waals surface area contributed by atoms with Gasteiger partial charge in [0.1, 0.15) is 11.8 Å². The second kappa shape index (κ2) is 8.01. The quantitative estimate of drug-likeness (QED) is 0.408. The van der Waals surface area contributed by atoms with Crippen LogP contribution in [0.5, 0.6) is 5.75 Å². The minimum atomic E-state index is -0.512. The van der Waals surface area contributed by atoms with Gasteiger partial charge in [-0.1, -0.05) is 28.4 Å². The number of aromatic nitrogens is 3. The van der Waals surface area contributed by atoms with E-state index in [0.717, 1.165) is 10.9 Å². The zero-order valence-corrected chi connectivity index (χ0v) is 17.6. The van der Waals surface area contributed by atoms with Crippen molar-refractivity contribution >= 4 is 40.1 Å². The Balaban J connectivity index is 1.69. The number of carbonyl (C=O) groups is 1. The highest BCUT2D eigenvalue weighted by Gasteiger charge is 2.20. The molecule has 0 radical (unpaired) electrons. The van der Waals surface area contributed by atoms with Gasteiger partial charge in [-0.05, 0) is 50.2 Å². The predicted octanol–water partition coefficient (Wildman–Crippen LogP) is 5.49. The maximum absolute atomic E-state index is 12.1. The van der Waals surface area contributed by atoms with Crippen LogP contribution in [-0.4, -0.2) is 32.4 Å². The second-order valence-electron chi connectivity index (χ2n) is 6.63. The number of fused-ring (bicyclic) bond motifs is 1. The number of nitrogens with zero attached hydrogens (tertiary/aromatic N) is 3. The molecule has 0 fully saturated rings. The maximum Gasteiger partial charge on any atom is 0.328 e. The van der Waals surface area contributed by atoms with Crippen LogP contribution in [0.4, 0.5) is 0 Å². The highest BCUT2D eigenvalue weighted by molar-refractivity contribution is 6.35. The fourth-order valence-corrected chi connectivity index (χ4v) is 3.58. The lowest BCUT2D eigenvalue weighted by Gasteiger charge is -2.13. The number of hydrogen-bond donors (Lipinski definition) is 1. The summed E-state index contributed by atoms with van der Waals surface area (Å²) >= 11 is 12.4. The SMILES string of the molecule is CCOC(=O)C(C)n1cc(Cl)c2cc(-c3noc(-c4ccc(O)c(Cl)c4)n3)ccc21. The number of carbonyl (C=O) groups excluding carboxylic acids is 1. The second-order valence-corrected chi connectivity index (χ2v) is 7.45. The number of esters is 1. The maximum atomic E-state index is 12.1. The molecular formula is C21H17Cl2N3O4. The van der Waals surface area contributed by atoms with Gasteiger partial charge in [-0.2, -0.15) is 4.98 Å². The first-order chi connectivity index (χ1) is 14.4. The van der Waals surface area contributed by atoms with E-state index in [1.165, 1.54) is 6.07 Å². The molecule has 0 aliphatic rings. The number of benzene rings is 2. The first kappa shape index (κ1) is 20.3. The summed E-state index contributed by atoms with van der Waals surface area (Å²) in [5.41, 5.74) is 2.08. The Hall–Kier alpha value is -3.03. The zero-order valence-electron chi connectivity index (χ0n) is 16.1. The van der Waals surface area contributed by atoms with Crippen LogP contribution in [0.15, 0.2) is 47.1 Å². The normalized spacial score (nSPS) is 12.3. The lowest BCUT2D eigenvalue weighted by molar-refractivity contribution is -0.146. The fourth-order valence-electron chi connectivity index (χ4n) is 3.15. The Kier molecular flexibility index (Phi) is 5.40. The van der Waals surface area contributed by atoms with Gasteiger partial charge in [0, 0.05) is 22.7 Å². The smallest absolute Gasteiger partial charge is 0.328 e. The number of ether oxygens (including phenoxy) is 1. The highest BCUT2D eigenvalue weighted by Crippen LogP contribution is 2.33. The van der Waals surface area contributed by atoms with Crippen LogP contribution in [-0.2, 0) is 9.53 Å². The van der Waals surface area contributed by atoms with Crippen LogP contribution in [0, 0.1) is 0 Å². The van der Waals surface area contributed by atoms with Gasteiger partial charge in [0.05, 0.1) is 22.2 Å². The van der Waals surface area contributed by atoms with Crippen molar-refractivity contribution in [3.05, 3.63) is 52.6 Å². The van der Waals surface area contributed by atoms with Gasteiger partial charge < -0.3 is 18.9 Å². The van der Waals surface area contributed by atoms with Gasteiger partial charge in [-0.25, -0.2) is 4.79 Å². The summed E-state index contributed by atoms with van der Waals surface area (Å²) in [5, 5.41) is 15.0. The Morgan fingerprint density at radius 2 is 1.97 bits per heavy atom. The van der Waals surface area contributed by atoms with Gasteiger partial charge in [-0.3, -0.25) is 0 Å². The standard InChI is InChI=1S/C21H17Cl2N3O4/c1-3-29-21(28)11(2)26-10-16(23)14-8-12(4-6-17(14)26)19-24-20(30-25-19)13-5-7-18(27)15(22)9-13/h4-11,27H,3H2,1-2H3. The van der Waals surface area contributed by atoms with Gasteiger partial charge in [0.2, 0.25) is 5.82 Å². The Labute approximate surface area is 181 Å². The molecule has 0 aliphatic carbocycles. The molecule has 1 atom stereocenters. The Morgan fingerprint density at radius 1 is 1.20 bits per heavy atom. The van der Waals surface area contributed by atoms with Crippen molar-refractivity contribution in [2.24, 2.45) is 0 Å². The van der Waals surface area contributed by atoms with E-state index in [2.05, 4.69) is 10.1 Å². The summed E-state index contributed by atoms with van der Waals surface area (Å²) in [4.78, 5) is 16.5. The Morgan fingerprint density at radius 3 is 2.70 bits per heavy atom. The van der Waals surface area contributed by atoms with E-state index in [1.54, 1.807) is 36.7 Å². The van der Waals surface area contributed by atoms with E-state index >= 15 is 0 Å². The molecule has 0 saturated heterocycles. The van der Waals surface area contributed by atoms with Gasteiger partial charge in [0.15, 0.2) is 0 Å². The molecular weight excluding hydrogens is 429 g/mol. The molecule has 0 bridgehead atoms. The molecule has 2 aromatic heterocycles. The van der Waals surface area contributed by atoms with Crippen LogP contribution in [0.25, 0.3) is 33.7 Å². The van der Waals surface area contributed by atoms with Crippen molar-refractivity contribution in [3.8, 4) is 28.6 Å². The predicted molar refractivity (Wildman–Crippen MR) is 114 cm³/mol. The van der Waals surface area contributed by atoms with E-state index in [4.69, 9.17) is 32.5 Å². The average Bonchev–Trinajstić information content (AvgIpc) is 3.35. The zero-order chi connectivity index (χ0) is 21.4. The molecule has 0 amide bonds. The van der Waals surface area contributed by atoms with E-state index in [1.807, 2.05) is 18.2 Å². The van der Waals surface area contributed by atoms with Gasteiger partial charge >= 0.3 is 5.97 Å². The lowest BCUT2D eigenvalue weighted by Crippen LogP contribution is -2.18. The molecule has 9 heteroatoms. The van der Waals surface area contributed by atoms with Crippen molar-refractivity contribution in [1.82, 2.24) is 14.7 Å². The molecule has 2 aromatic carbocycles. The number of phenolic OH excluding ortho intramolecular Hbond substituents is 1. The van der Waals surface area contributed by atoms with Crippen LogP contribution in [0.1, 0.15) is 19.9 Å². The van der Waals surface area contributed by atoms with Crippen molar-refractivity contribution in [2.45, 2.75) is 19.9 Å². The number of phenols is 1. The Bertz CT molecular complexity index is 1250. The largest absolute Gasteiger partial charge is 0.506 e. The van der Waals surface area contributed by atoms with Crippen LogP contribution >= 0.6 is 23.2 Å². The first-order valence-corrected chi connectivity index (χ1v) is 9.94. The molecule has 1 unspecified atom stereocenters. The number of hydrogen-bond acceptors (Lipinski definition) is 6. The van der Waals surface area contributed by atoms with E-state index in [9.17, 15) is 9.90 Å². The summed E-state index contributed by atoms with van der Waals surface area (Å²) < 4.78 is 12.2. The first-order valence-electron chi connectivity index (χ1n) is 9.18. The van der Waals surface area contributed by atoms with Crippen LogP contribution in [0.3, 0.4) is 0 Å². The van der Waals surface area contributed by atoms with Crippen molar-refractivity contribution in [2.75, 3.05) is 6.61 Å².